The molecular formula is C12H11F3N2S. The predicted octanol–water partition coefficient (Wildman–Crippen LogP) is 3.60. The van der Waals surface area contributed by atoms with Crippen molar-refractivity contribution >= 4 is 11.3 Å². The fourth-order valence-electron chi connectivity index (χ4n) is 1.65. The van der Waals surface area contributed by atoms with Crippen LogP contribution in [0.5, 0.6) is 0 Å². The molecule has 2 N–H and O–H groups in total. The smallest absolute Gasteiger partial charge is 0.326 e. The molecule has 0 bridgehead atoms. The quantitative estimate of drug-likeness (QED) is 0.907. The van der Waals surface area contributed by atoms with Crippen LogP contribution < -0.4 is 5.73 Å². The Morgan fingerprint density at radius 3 is 2.50 bits per heavy atom. The van der Waals surface area contributed by atoms with Gasteiger partial charge in [0.1, 0.15) is 5.01 Å². The summed E-state index contributed by atoms with van der Waals surface area (Å²) in [6.45, 7) is 2.04. The zero-order valence-electron chi connectivity index (χ0n) is 9.58. The topological polar surface area (TPSA) is 38.9 Å². The number of halogens is 3. The molecule has 0 amide bonds. The van der Waals surface area contributed by atoms with Crippen molar-refractivity contribution in [2.75, 3.05) is 0 Å². The third-order valence-corrected chi connectivity index (χ3v) is 3.75. The normalized spacial score (nSPS) is 11.8. The van der Waals surface area contributed by atoms with Crippen molar-refractivity contribution in [3.05, 3.63) is 40.4 Å². The molecule has 0 saturated heterocycles. The molecule has 1 aromatic carbocycles. The molecule has 0 aliphatic rings. The fraction of sp³-hybridized carbons (Fsp3) is 0.250. The standard InChI is InChI=1S/C12H11F3N2S/c1-7-10(6-16)18-11(17-7)8-4-2-3-5-9(8)12(13,14)15/h2-5H,6,16H2,1H3. The van der Waals surface area contributed by atoms with Crippen LogP contribution >= 0.6 is 11.3 Å². The van der Waals surface area contributed by atoms with Gasteiger partial charge in [-0.2, -0.15) is 13.2 Å². The van der Waals surface area contributed by atoms with E-state index in [0.717, 1.165) is 10.9 Å². The van der Waals surface area contributed by atoms with E-state index in [9.17, 15) is 13.2 Å². The maximum atomic E-state index is 12.9. The van der Waals surface area contributed by atoms with Crippen LogP contribution in [0.4, 0.5) is 13.2 Å². The summed E-state index contributed by atoms with van der Waals surface area (Å²) in [6.07, 6.45) is -4.38. The van der Waals surface area contributed by atoms with E-state index in [-0.39, 0.29) is 12.1 Å². The molecule has 2 rings (SSSR count). The van der Waals surface area contributed by atoms with E-state index in [4.69, 9.17) is 5.73 Å². The van der Waals surface area contributed by atoms with Crippen molar-refractivity contribution in [2.45, 2.75) is 19.6 Å². The van der Waals surface area contributed by atoms with Crippen LogP contribution in [0.1, 0.15) is 16.1 Å². The molecule has 0 radical (unpaired) electrons. The van der Waals surface area contributed by atoms with Crippen molar-refractivity contribution in [3.8, 4) is 10.6 Å². The maximum Gasteiger partial charge on any atom is 0.417 e. The maximum absolute atomic E-state index is 12.9. The predicted molar refractivity (Wildman–Crippen MR) is 65.2 cm³/mol. The lowest BCUT2D eigenvalue weighted by Gasteiger charge is -2.10. The molecule has 0 aliphatic heterocycles. The lowest BCUT2D eigenvalue weighted by Crippen LogP contribution is -2.06. The molecule has 96 valence electrons. The van der Waals surface area contributed by atoms with Gasteiger partial charge >= 0.3 is 6.18 Å². The highest BCUT2D eigenvalue weighted by atomic mass is 32.1. The zero-order chi connectivity index (χ0) is 13.3. The van der Waals surface area contributed by atoms with Gasteiger partial charge in [-0.05, 0) is 13.0 Å². The molecular weight excluding hydrogens is 261 g/mol. The molecule has 18 heavy (non-hydrogen) atoms. The number of thiazole rings is 1. The van der Waals surface area contributed by atoms with Crippen molar-refractivity contribution in [1.29, 1.82) is 0 Å². The number of benzene rings is 1. The van der Waals surface area contributed by atoms with E-state index >= 15 is 0 Å². The van der Waals surface area contributed by atoms with Gasteiger partial charge in [0.15, 0.2) is 0 Å². The molecule has 2 aromatic rings. The summed E-state index contributed by atoms with van der Waals surface area (Å²) in [5, 5.41) is 0.362. The molecule has 0 unspecified atom stereocenters. The van der Waals surface area contributed by atoms with Gasteiger partial charge in [-0.3, -0.25) is 0 Å². The zero-order valence-corrected chi connectivity index (χ0v) is 10.4. The molecule has 0 aliphatic carbocycles. The van der Waals surface area contributed by atoms with E-state index in [1.165, 1.54) is 23.5 Å². The molecule has 0 spiro atoms. The summed E-state index contributed by atoms with van der Waals surface area (Å²) in [5.41, 5.74) is 5.65. The van der Waals surface area contributed by atoms with Crippen LogP contribution in [0.15, 0.2) is 24.3 Å². The number of hydrogen-bond acceptors (Lipinski definition) is 3. The second kappa shape index (κ2) is 4.70. The first-order valence-corrected chi connectivity index (χ1v) is 6.08. The van der Waals surface area contributed by atoms with Crippen LogP contribution in [0.2, 0.25) is 0 Å². The minimum atomic E-state index is -4.38. The lowest BCUT2D eigenvalue weighted by atomic mass is 10.1. The first kappa shape index (κ1) is 13.0. The van der Waals surface area contributed by atoms with Crippen molar-refractivity contribution < 1.29 is 13.2 Å². The number of nitrogens with zero attached hydrogens (tertiary/aromatic N) is 1. The third-order valence-electron chi connectivity index (χ3n) is 2.54. The second-order valence-electron chi connectivity index (χ2n) is 3.78. The van der Waals surface area contributed by atoms with Gasteiger partial charge in [0, 0.05) is 17.0 Å². The van der Waals surface area contributed by atoms with Gasteiger partial charge in [0.2, 0.25) is 0 Å². The number of rotatable bonds is 2. The summed E-state index contributed by atoms with van der Waals surface area (Å²) in [5.74, 6) is 0. The number of aryl methyl sites for hydroxylation is 1. The Morgan fingerprint density at radius 1 is 1.28 bits per heavy atom. The first-order chi connectivity index (χ1) is 8.43. The van der Waals surface area contributed by atoms with Gasteiger partial charge in [0.05, 0.1) is 11.3 Å². The highest BCUT2D eigenvalue weighted by Gasteiger charge is 2.34. The number of nitrogens with two attached hydrogens (primary N) is 1. The molecule has 1 heterocycles. The average Bonchev–Trinajstić information content (AvgIpc) is 2.69. The van der Waals surface area contributed by atoms with E-state index in [2.05, 4.69) is 4.98 Å². The fourth-order valence-corrected chi connectivity index (χ4v) is 2.63. The number of alkyl halides is 3. The number of aromatic nitrogens is 1. The monoisotopic (exact) mass is 272 g/mol. The van der Waals surface area contributed by atoms with Crippen molar-refractivity contribution in [3.63, 3.8) is 0 Å². The second-order valence-corrected chi connectivity index (χ2v) is 4.86. The molecule has 0 atom stereocenters. The van der Waals surface area contributed by atoms with Crippen LogP contribution in [0.3, 0.4) is 0 Å². The van der Waals surface area contributed by atoms with Crippen molar-refractivity contribution in [2.24, 2.45) is 5.73 Å². The Morgan fingerprint density at radius 2 is 1.94 bits per heavy atom. The molecule has 0 saturated carbocycles. The van der Waals surface area contributed by atoms with E-state index in [1.807, 2.05) is 0 Å². The Balaban J connectivity index is 2.57. The molecule has 1 aromatic heterocycles. The lowest BCUT2D eigenvalue weighted by molar-refractivity contribution is -0.137. The minimum Gasteiger partial charge on any atom is -0.326 e. The number of hydrogen-bond donors (Lipinski definition) is 1. The SMILES string of the molecule is Cc1nc(-c2ccccc2C(F)(F)F)sc1CN. The van der Waals surface area contributed by atoms with Crippen LogP contribution in [0, 0.1) is 6.92 Å². The molecule has 0 fully saturated rings. The molecule has 2 nitrogen and oxygen atoms in total. The van der Waals surface area contributed by atoms with Crippen molar-refractivity contribution in [1.82, 2.24) is 4.98 Å². The van der Waals surface area contributed by atoms with Crippen LogP contribution in [-0.2, 0) is 12.7 Å². The summed E-state index contributed by atoms with van der Waals surface area (Å²) in [7, 11) is 0. The van der Waals surface area contributed by atoms with Gasteiger partial charge in [-0.25, -0.2) is 4.98 Å². The van der Waals surface area contributed by atoms with Crippen LogP contribution in [0.25, 0.3) is 10.6 Å². The van der Waals surface area contributed by atoms with E-state index in [1.54, 1.807) is 13.0 Å². The van der Waals surface area contributed by atoms with E-state index < -0.39 is 11.7 Å². The Hall–Kier alpha value is -1.40. The third kappa shape index (κ3) is 2.39. The van der Waals surface area contributed by atoms with Gasteiger partial charge < -0.3 is 5.73 Å². The highest BCUT2D eigenvalue weighted by molar-refractivity contribution is 7.15. The minimum absolute atomic E-state index is 0.109. The summed E-state index contributed by atoms with van der Waals surface area (Å²) < 4.78 is 38.6. The van der Waals surface area contributed by atoms with Gasteiger partial charge in [-0.1, -0.05) is 18.2 Å². The van der Waals surface area contributed by atoms with E-state index in [0.29, 0.717) is 10.7 Å². The largest absolute Gasteiger partial charge is 0.417 e. The average molecular weight is 272 g/mol. The summed E-state index contributed by atoms with van der Waals surface area (Å²) in [6, 6.07) is 5.44. The highest BCUT2D eigenvalue weighted by Crippen LogP contribution is 2.38. The molecule has 6 heteroatoms. The van der Waals surface area contributed by atoms with Gasteiger partial charge in [0.25, 0.3) is 0 Å². The first-order valence-electron chi connectivity index (χ1n) is 5.26. The van der Waals surface area contributed by atoms with Crippen LogP contribution in [-0.4, -0.2) is 4.98 Å². The Bertz CT molecular complexity index is 561. The Labute approximate surface area is 106 Å². The Kier molecular flexibility index (Phi) is 3.41. The summed E-state index contributed by atoms with van der Waals surface area (Å²) >= 11 is 1.21. The van der Waals surface area contributed by atoms with Gasteiger partial charge in [-0.15, -0.1) is 11.3 Å². The summed E-state index contributed by atoms with van der Waals surface area (Å²) in [4.78, 5) is 4.97.